The summed E-state index contributed by atoms with van der Waals surface area (Å²) in [7, 11) is 0. The first-order chi connectivity index (χ1) is 6.91. The largest absolute Gasteiger partial charge is 0.433 e. The Balaban J connectivity index is 3.22. The molecule has 0 amide bonds. The van der Waals surface area contributed by atoms with Crippen LogP contribution in [-0.2, 0) is 0 Å². The maximum absolute atomic E-state index is 12.0. The molecule has 0 spiro atoms. The van der Waals surface area contributed by atoms with Crippen LogP contribution in [0.3, 0.4) is 0 Å². The molecule has 1 aromatic rings. The molecule has 0 aromatic heterocycles. The van der Waals surface area contributed by atoms with Crippen molar-refractivity contribution in [2.45, 2.75) is 20.5 Å². The van der Waals surface area contributed by atoms with Crippen LogP contribution in [0.15, 0.2) is 12.1 Å². The normalized spacial score (nSPS) is 10.5. The number of benzene rings is 1. The number of hydrogen-bond donors (Lipinski definition) is 1. The Hall–Kier alpha value is -1.65. The summed E-state index contributed by atoms with van der Waals surface area (Å²) >= 11 is 0. The summed E-state index contributed by atoms with van der Waals surface area (Å²) in [5.41, 5.74) is 6.32. The van der Waals surface area contributed by atoms with Crippen molar-refractivity contribution in [2.75, 3.05) is 5.73 Å². The number of ketones is 1. The van der Waals surface area contributed by atoms with Crippen molar-refractivity contribution < 1.29 is 18.3 Å². The number of nitrogens with two attached hydrogens (primary N) is 1. The van der Waals surface area contributed by atoms with E-state index in [1.807, 2.05) is 0 Å². The van der Waals surface area contributed by atoms with Crippen LogP contribution in [0, 0.1) is 6.92 Å². The van der Waals surface area contributed by atoms with Gasteiger partial charge in [0.1, 0.15) is 5.75 Å². The minimum Gasteiger partial charge on any atom is -0.433 e. The van der Waals surface area contributed by atoms with Crippen LogP contribution in [0.25, 0.3) is 0 Å². The fourth-order valence-electron chi connectivity index (χ4n) is 1.25. The zero-order chi connectivity index (χ0) is 11.6. The highest BCUT2D eigenvalue weighted by Gasteiger charge is 2.14. The van der Waals surface area contributed by atoms with Crippen molar-refractivity contribution in [2.24, 2.45) is 0 Å². The Kier molecular flexibility index (Phi) is 3.24. The molecule has 3 nitrogen and oxygen atoms in total. The first-order valence-electron chi connectivity index (χ1n) is 4.27. The van der Waals surface area contributed by atoms with Crippen LogP contribution in [0.5, 0.6) is 5.75 Å². The fraction of sp³-hybridized carbons (Fsp3) is 0.300. The molecule has 0 aliphatic heterocycles. The number of nitrogen functional groups attached to an aromatic ring is 1. The third-order valence-electron chi connectivity index (χ3n) is 1.88. The van der Waals surface area contributed by atoms with Gasteiger partial charge in [0.15, 0.2) is 5.78 Å². The van der Waals surface area contributed by atoms with Crippen LogP contribution >= 0.6 is 0 Å². The third kappa shape index (κ3) is 2.65. The molecule has 0 radical (unpaired) electrons. The first kappa shape index (κ1) is 11.4. The smallest absolute Gasteiger partial charge is 0.387 e. The Morgan fingerprint density at radius 3 is 2.53 bits per heavy atom. The number of halogens is 2. The molecule has 0 aliphatic rings. The highest BCUT2D eigenvalue weighted by atomic mass is 19.3. The third-order valence-corrected chi connectivity index (χ3v) is 1.88. The maximum atomic E-state index is 12.0. The van der Waals surface area contributed by atoms with Gasteiger partial charge in [-0.25, -0.2) is 0 Å². The SMILES string of the molecule is CC(=O)c1cc(C)cc(OC(F)F)c1N. The summed E-state index contributed by atoms with van der Waals surface area (Å²) in [6, 6.07) is 2.91. The number of carbonyl (C=O) groups excluding carboxylic acids is 1. The molecule has 0 heterocycles. The minimum absolute atomic E-state index is 0.0478. The van der Waals surface area contributed by atoms with E-state index in [9.17, 15) is 13.6 Å². The maximum Gasteiger partial charge on any atom is 0.387 e. The molecule has 2 N–H and O–H groups in total. The van der Waals surface area contributed by atoms with E-state index in [1.165, 1.54) is 19.1 Å². The average molecular weight is 215 g/mol. The fourth-order valence-corrected chi connectivity index (χ4v) is 1.25. The van der Waals surface area contributed by atoms with Gasteiger partial charge in [0.25, 0.3) is 0 Å². The van der Waals surface area contributed by atoms with Gasteiger partial charge in [-0.1, -0.05) is 0 Å². The Bertz CT molecular complexity index is 391. The van der Waals surface area contributed by atoms with Gasteiger partial charge in [-0.15, -0.1) is 0 Å². The summed E-state index contributed by atoms with van der Waals surface area (Å²) < 4.78 is 28.2. The molecule has 1 rings (SSSR count). The highest BCUT2D eigenvalue weighted by Crippen LogP contribution is 2.28. The molecule has 0 fully saturated rings. The number of ether oxygens (including phenoxy) is 1. The monoisotopic (exact) mass is 215 g/mol. The number of carbonyl (C=O) groups is 1. The molecule has 82 valence electrons. The van der Waals surface area contributed by atoms with Crippen molar-refractivity contribution in [3.8, 4) is 5.75 Å². The van der Waals surface area contributed by atoms with Crippen LogP contribution in [0.4, 0.5) is 14.5 Å². The van der Waals surface area contributed by atoms with Crippen molar-refractivity contribution in [1.29, 1.82) is 0 Å². The molecule has 0 saturated heterocycles. The Morgan fingerprint density at radius 2 is 2.07 bits per heavy atom. The number of hydrogen-bond acceptors (Lipinski definition) is 3. The zero-order valence-electron chi connectivity index (χ0n) is 8.38. The quantitative estimate of drug-likeness (QED) is 0.622. The minimum atomic E-state index is -2.95. The summed E-state index contributed by atoms with van der Waals surface area (Å²) in [5, 5.41) is 0. The molecule has 5 heteroatoms. The number of anilines is 1. The van der Waals surface area contributed by atoms with Crippen LogP contribution in [-0.4, -0.2) is 12.4 Å². The number of Topliss-reactive ketones (excluding diaryl/α,β-unsaturated/α-hetero) is 1. The molecule has 15 heavy (non-hydrogen) atoms. The molecule has 0 bridgehead atoms. The highest BCUT2D eigenvalue weighted by molar-refractivity contribution is 6.00. The van der Waals surface area contributed by atoms with Crippen LogP contribution < -0.4 is 10.5 Å². The second-order valence-electron chi connectivity index (χ2n) is 3.16. The number of rotatable bonds is 3. The molecule has 0 atom stereocenters. The van der Waals surface area contributed by atoms with Crippen molar-refractivity contribution >= 4 is 11.5 Å². The zero-order valence-corrected chi connectivity index (χ0v) is 8.38. The first-order valence-corrected chi connectivity index (χ1v) is 4.27. The lowest BCUT2D eigenvalue weighted by Gasteiger charge is -2.11. The van der Waals surface area contributed by atoms with E-state index in [0.29, 0.717) is 5.56 Å². The summed E-state index contributed by atoms with van der Waals surface area (Å²) in [5.74, 6) is -0.439. The Labute approximate surface area is 85.8 Å². The molecular weight excluding hydrogens is 204 g/mol. The van der Waals surface area contributed by atoms with Gasteiger partial charge in [0.2, 0.25) is 0 Å². The molecule has 0 unspecified atom stereocenters. The topological polar surface area (TPSA) is 52.3 Å². The van der Waals surface area contributed by atoms with E-state index in [4.69, 9.17) is 5.73 Å². The average Bonchev–Trinajstić information content (AvgIpc) is 2.09. The van der Waals surface area contributed by atoms with E-state index in [1.54, 1.807) is 6.92 Å². The standard InChI is InChI=1S/C10H11F2NO2/c1-5-3-7(6(2)14)9(13)8(4-5)15-10(11)12/h3-4,10H,13H2,1-2H3. The summed E-state index contributed by atoms with van der Waals surface area (Å²) in [4.78, 5) is 11.1. The van der Waals surface area contributed by atoms with Gasteiger partial charge in [-0.05, 0) is 31.5 Å². The lowest BCUT2D eigenvalue weighted by Crippen LogP contribution is -2.08. The van der Waals surface area contributed by atoms with Crippen LogP contribution in [0.1, 0.15) is 22.8 Å². The summed E-state index contributed by atoms with van der Waals surface area (Å²) in [6.45, 7) is 0.0375. The van der Waals surface area contributed by atoms with Gasteiger partial charge in [0.05, 0.1) is 5.69 Å². The van der Waals surface area contributed by atoms with Gasteiger partial charge >= 0.3 is 6.61 Å². The van der Waals surface area contributed by atoms with Crippen molar-refractivity contribution in [3.63, 3.8) is 0 Å². The lowest BCUT2D eigenvalue weighted by molar-refractivity contribution is -0.0493. The predicted octanol–water partition coefficient (Wildman–Crippen LogP) is 2.38. The van der Waals surface area contributed by atoms with E-state index in [2.05, 4.69) is 4.74 Å². The molecule has 0 saturated carbocycles. The van der Waals surface area contributed by atoms with E-state index in [-0.39, 0.29) is 22.8 Å². The summed E-state index contributed by atoms with van der Waals surface area (Å²) in [6.07, 6.45) is 0. The second kappa shape index (κ2) is 4.25. The van der Waals surface area contributed by atoms with Gasteiger partial charge in [-0.2, -0.15) is 8.78 Å². The van der Waals surface area contributed by atoms with Crippen LogP contribution in [0.2, 0.25) is 0 Å². The van der Waals surface area contributed by atoms with Gasteiger partial charge in [0, 0.05) is 5.56 Å². The number of aryl methyl sites for hydroxylation is 1. The van der Waals surface area contributed by atoms with E-state index < -0.39 is 6.61 Å². The molecule has 0 aliphatic carbocycles. The predicted molar refractivity (Wildman–Crippen MR) is 52.2 cm³/mol. The van der Waals surface area contributed by atoms with Gasteiger partial charge in [-0.3, -0.25) is 4.79 Å². The van der Waals surface area contributed by atoms with Gasteiger partial charge < -0.3 is 10.5 Å². The van der Waals surface area contributed by atoms with Crippen molar-refractivity contribution in [3.05, 3.63) is 23.3 Å². The molecule has 1 aromatic carbocycles. The molecular formula is C10H11F2NO2. The Morgan fingerprint density at radius 1 is 1.47 bits per heavy atom. The second-order valence-corrected chi connectivity index (χ2v) is 3.16. The number of alkyl halides is 2. The van der Waals surface area contributed by atoms with Crippen molar-refractivity contribution in [1.82, 2.24) is 0 Å². The lowest BCUT2D eigenvalue weighted by atomic mass is 10.1. The van der Waals surface area contributed by atoms with E-state index >= 15 is 0 Å². The van der Waals surface area contributed by atoms with E-state index in [0.717, 1.165) is 0 Å².